The molecule has 6 heteroatoms. The van der Waals surface area contributed by atoms with Gasteiger partial charge >= 0.3 is 0 Å². The monoisotopic (exact) mass is 326 g/mol. The summed E-state index contributed by atoms with van der Waals surface area (Å²) in [5.74, 6) is 0.325. The summed E-state index contributed by atoms with van der Waals surface area (Å²) >= 11 is 0. The topological polar surface area (TPSA) is 68.2 Å². The van der Waals surface area contributed by atoms with Crippen LogP contribution in [0.15, 0.2) is 34.5 Å². The fourth-order valence-corrected chi connectivity index (χ4v) is 3.58. The molecule has 1 aliphatic carbocycles. The van der Waals surface area contributed by atoms with Gasteiger partial charge in [-0.1, -0.05) is 5.16 Å². The molecule has 0 unspecified atom stereocenters. The molecular weight excluding hydrogens is 308 g/mol. The van der Waals surface area contributed by atoms with Crippen LogP contribution < -0.4 is 9.64 Å². The van der Waals surface area contributed by atoms with Crippen LogP contribution in [0.1, 0.15) is 37.7 Å². The number of ether oxygens (including phenoxy) is 1. The molecule has 0 spiro atoms. The Bertz CT molecular complexity index is 766. The largest absolute Gasteiger partial charge is 0.492 e. The summed E-state index contributed by atoms with van der Waals surface area (Å²) in [6.07, 6.45) is 3.95. The number of benzene rings is 1. The molecule has 0 N–H and O–H groups in total. The Morgan fingerprint density at radius 1 is 1.08 bits per heavy atom. The van der Waals surface area contributed by atoms with Gasteiger partial charge in [0.05, 0.1) is 18.0 Å². The van der Waals surface area contributed by atoms with E-state index in [1.54, 1.807) is 18.2 Å². The number of nitrogens with zero attached hydrogens (tertiary/aromatic N) is 2. The van der Waals surface area contributed by atoms with Crippen molar-refractivity contribution in [1.82, 2.24) is 0 Å². The first-order chi connectivity index (χ1) is 11.7. The first kappa shape index (κ1) is 14.9. The van der Waals surface area contributed by atoms with Gasteiger partial charge in [0.15, 0.2) is 0 Å². The van der Waals surface area contributed by atoms with Gasteiger partial charge in [0, 0.05) is 23.1 Å². The summed E-state index contributed by atoms with van der Waals surface area (Å²) in [7, 11) is 1.50. The molecule has 0 saturated carbocycles. The van der Waals surface area contributed by atoms with E-state index < -0.39 is 0 Å². The van der Waals surface area contributed by atoms with Crippen LogP contribution in [0.25, 0.3) is 0 Å². The summed E-state index contributed by atoms with van der Waals surface area (Å²) < 4.78 is 5.63. The van der Waals surface area contributed by atoms with Crippen LogP contribution in [0, 0.1) is 0 Å². The predicted octanol–water partition coefficient (Wildman–Crippen LogP) is 2.56. The standard InChI is InChI=1S/C18H18N2O4/c1-23-19-15-8-9-24-16-7-6-11(10-14(15)16)20-17(21)12-4-2-3-5-13(12)18(20)22/h6-7,10H,2-5,8-9H2,1H3. The SMILES string of the molecule is CON=C1CCOc2ccc(N3C(=O)C4=C(CCCC4)C3=O)cc21. The molecule has 2 heterocycles. The quantitative estimate of drug-likeness (QED) is 0.619. The summed E-state index contributed by atoms with van der Waals surface area (Å²) in [5.41, 5.74) is 3.47. The second kappa shape index (κ2) is 5.78. The van der Waals surface area contributed by atoms with Gasteiger partial charge in [0.2, 0.25) is 0 Å². The second-order valence-corrected chi connectivity index (χ2v) is 6.11. The molecule has 3 aliphatic rings. The lowest BCUT2D eigenvalue weighted by molar-refractivity contribution is -0.120. The molecule has 24 heavy (non-hydrogen) atoms. The molecule has 0 bridgehead atoms. The number of rotatable bonds is 2. The van der Waals surface area contributed by atoms with Gasteiger partial charge in [0.25, 0.3) is 11.8 Å². The van der Waals surface area contributed by atoms with Crippen molar-refractivity contribution in [1.29, 1.82) is 0 Å². The van der Waals surface area contributed by atoms with Crippen LogP contribution in [0.4, 0.5) is 5.69 Å². The third kappa shape index (κ3) is 2.21. The van der Waals surface area contributed by atoms with Crippen LogP contribution in [0.2, 0.25) is 0 Å². The summed E-state index contributed by atoms with van der Waals surface area (Å²) in [6.45, 7) is 0.534. The molecule has 1 aromatic rings. The van der Waals surface area contributed by atoms with Crippen molar-refractivity contribution in [2.75, 3.05) is 18.6 Å². The van der Waals surface area contributed by atoms with E-state index in [1.165, 1.54) is 12.0 Å². The molecule has 0 aromatic heterocycles. The van der Waals surface area contributed by atoms with Crippen LogP contribution in [0.3, 0.4) is 0 Å². The fourth-order valence-electron chi connectivity index (χ4n) is 3.58. The highest BCUT2D eigenvalue weighted by molar-refractivity contribution is 6.33. The molecule has 6 nitrogen and oxygen atoms in total. The fraction of sp³-hybridized carbons (Fsp3) is 0.389. The second-order valence-electron chi connectivity index (χ2n) is 6.11. The first-order valence-corrected chi connectivity index (χ1v) is 8.18. The summed E-state index contributed by atoms with van der Waals surface area (Å²) in [6, 6.07) is 5.33. The maximum absolute atomic E-state index is 12.7. The Kier molecular flexibility index (Phi) is 3.59. The lowest BCUT2D eigenvalue weighted by Crippen LogP contribution is -2.32. The van der Waals surface area contributed by atoms with Crippen LogP contribution in [-0.4, -0.2) is 31.2 Å². The number of oxime groups is 1. The van der Waals surface area contributed by atoms with Crippen LogP contribution >= 0.6 is 0 Å². The Labute approximate surface area is 139 Å². The number of imide groups is 1. The number of anilines is 1. The zero-order valence-electron chi connectivity index (χ0n) is 13.5. The third-order valence-electron chi connectivity index (χ3n) is 4.72. The number of fused-ring (bicyclic) bond motifs is 1. The number of hydrogen-bond donors (Lipinski definition) is 0. The zero-order chi connectivity index (χ0) is 16.7. The number of carbonyl (C=O) groups excluding carboxylic acids is 2. The predicted molar refractivity (Wildman–Crippen MR) is 88.1 cm³/mol. The minimum atomic E-state index is -0.184. The van der Waals surface area contributed by atoms with Crippen molar-refractivity contribution in [3.8, 4) is 5.75 Å². The molecule has 2 aliphatic heterocycles. The maximum Gasteiger partial charge on any atom is 0.261 e. The van der Waals surface area contributed by atoms with Crippen molar-refractivity contribution in [3.63, 3.8) is 0 Å². The van der Waals surface area contributed by atoms with Gasteiger partial charge < -0.3 is 9.57 Å². The summed E-state index contributed by atoms with van der Waals surface area (Å²) in [5, 5.41) is 4.04. The maximum atomic E-state index is 12.7. The highest BCUT2D eigenvalue weighted by Gasteiger charge is 2.40. The van der Waals surface area contributed by atoms with E-state index in [0.29, 0.717) is 48.5 Å². The van der Waals surface area contributed by atoms with E-state index in [4.69, 9.17) is 9.57 Å². The summed E-state index contributed by atoms with van der Waals surface area (Å²) in [4.78, 5) is 31.6. The van der Waals surface area contributed by atoms with Gasteiger partial charge in [-0.05, 0) is 43.9 Å². The molecule has 0 atom stereocenters. The smallest absolute Gasteiger partial charge is 0.261 e. The number of carbonyl (C=O) groups is 2. The van der Waals surface area contributed by atoms with Gasteiger partial charge in [0.1, 0.15) is 12.9 Å². The van der Waals surface area contributed by atoms with Gasteiger partial charge in [-0.15, -0.1) is 0 Å². The highest BCUT2D eigenvalue weighted by Crippen LogP contribution is 2.37. The average Bonchev–Trinajstić information content (AvgIpc) is 2.87. The van der Waals surface area contributed by atoms with Crippen molar-refractivity contribution in [3.05, 3.63) is 34.9 Å². The Morgan fingerprint density at radius 3 is 2.46 bits per heavy atom. The van der Waals surface area contributed by atoms with Crippen LogP contribution in [-0.2, 0) is 14.4 Å². The number of amides is 2. The van der Waals surface area contributed by atoms with Gasteiger partial charge in [-0.3, -0.25) is 9.59 Å². The van der Waals surface area contributed by atoms with E-state index in [1.807, 2.05) is 0 Å². The average molecular weight is 326 g/mol. The molecule has 1 aromatic carbocycles. The minimum Gasteiger partial charge on any atom is -0.492 e. The third-order valence-corrected chi connectivity index (χ3v) is 4.72. The Hall–Kier alpha value is -2.63. The first-order valence-electron chi connectivity index (χ1n) is 8.18. The van der Waals surface area contributed by atoms with Crippen molar-refractivity contribution in [2.45, 2.75) is 32.1 Å². The zero-order valence-corrected chi connectivity index (χ0v) is 13.5. The lowest BCUT2D eigenvalue weighted by Gasteiger charge is -2.22. The molecule has 0 fully saturated rings. The minimum absolute atomic E-state index is 0.184. The molecule has 4 rings (SSSR count). The molecule has 0 saturated heterocycles. The number of hydrogen-bond acceptors (Lipinski definition) is 5. The van der Waals surface area contributed by atoms with Crippen molar-refractivity contribution >= 4 is 23.2 Å². The van der Waals surface area contributed by atoms with Gasteiger partial charge in [-0.25, -0.2) is 4.90 Å². The van der Waals surface area contributed by atoms with Crippen molar-refractivity contribution in [2.24, 2.45) is 5.16 Å². The van der Waals surface area contributed by atoms with E-state index in [2.05, 4.69) is 5.16 Å². The highest BCUT2D eigenvalue weighted by atomic mass is 16.6. The van der Waals surface area contributed by atoms with E-state index in [0.717, 1.165) is 24.1 Å². The molecular formula is C18H18N2O4. The Balaban J connectivity index is 1.74. The van der Waals surface area contributed by atoms with Crippen molar-refractivity contribution < 1.29 is 19.2 Å². The molecule has 124 valence electrons. The van der Waals surface area contributed by atoms with E-state index in [-0.39, 0.29) is 11.8 Å². The Morgan fingerprint density at radius 2 is 1.79 bits per heavy atom. The van der Waals surface area contributed by atoms with Gasteiger partial charge in [-0.2, -0.15) is 0 Å². The van der Waals surface area contributed by atoms with E-state index >= 15 is 0 Å². The lowest BCUT2D eigenvalue weighted by atomic mass is 9.93. The van der Waals surface area contributed by atoms with Crippen LogP contribution in [0.5, 0.6) is 5.75 Å². The molecule has 0 radical (unpaired) electrons. The molecule has 2 amide bonds. The van der Waals surface area contributed by atoms with E-state index in [9.17, 15) is 9.59 Å². The normalized spacial score (nSPS) is 21.7.